The molecule has 0 aliphatic heterocycles. The van der Waals surface area contributed by atoms with Crippen LogP contribution >= 0.6 is 0 Å². The molecule has 0 spiro atoms. The fraction of sp³-hybridized carbons (Fsp3) is 0.400. The summed E-state index contributed by atoms with van der Waals surface area (Å²) in [6, 6.07) is 3.96. The molecule has 28 heavy (non-hydrogen) atoms. The molecule has 8 heteroatoms. The van der Waals surface area contributed by atoms with Gasteiger partial charge in [-0.1, -0.05) is 0 Å². The molecule has 1 aliphatic rings. The molecule has 0 aromatic carbocycles. The first-order valence-electron chi connectivity index (χ1n) is 9.66. The molecule has 3 aromatic heterocycles. The van der Waals surface area contributed by atoms with Crippen molar-refractivity contribution >= 4 is 28.2 Å². The lowest BCUT2D eigenvalue weighted by atomic mass is 9.93. The Morgan fingerprint density at radius 1 is 1.21 bits per heavy atom. The Morgan fingerprint density at radius 2 is 2.04 bits per heavy atom. The van der Waals surface area contributed by atoms with Gasteiger partial charge in [0, 0.05) is 31.2 Å². The summed E-state index contributed by atoms with van der Waals surface area (Å²) in [7, 11) is 0. The number of hydrogen-bond acceptors (Lipinski definition) is 7. The Labute approximate surface area is 162 Å². The zero-order valence-corrected chi connectivity index (χ0v) is 15.8. The van der Waals surface area contributed by atoms with Crippen LogP contribution in [0.15, 0.2) is 41.7 Å². The van der Waals surface area contributed by atoms with Gasteiger partial charge >= 0.3 is 0 Å². The fourth-order valence-corrected chi connectivity index (χ4v) is 3.63. The molecule has 1 aliphatic carbocycles. The molecule has 0 radical (unpaired) electrons. The summed E-state index contributed by atoms with van der Waals surface area (Å²) in [5, 5.41) is 17.8. The van der Waals surface area contributed by atoms with Crippen LogP contribution in [0.2, 0.25) is 0 Å². The summed E-state index contributed by atoms with van der Waals surface area (Å²) in [5.74, 6) is 1.75. The molecule has 0 atom stereocenters. The van der Waals surface area contributed by atoms with Gasteiger partial charge in [-0.05, 0) is 50.1 Å². The summed E-state index contributed by atoms with van der Waals surface area (Å²) in [4.78, 5) is 25.9. The molecule has 0 amide bonds. The standard InChI is InChI=1S/C20H24N6O2/c1-2-26-10-7-13-11-16(24-17-12-21-8-9-22-17)25-19(18(13)20(26)28)23-14-3-5-15(27)6-4-14/h7-12,14-15,27H,2-6H2,1H3,(H2,22,23,24,25). The summed E-state index contributed by atoms with van der Waals surface area (Å²) >= 11 is 0. The average Bonchev–Trinajstić information content (AvgIpc) is 2.70. The average molecular weight is 380 g/mol. The number of aliphatic hydroxyl groups excluding tert-OH is 1. The van der Waals surface area contributed by atoms with Crippen molar-refractivity contribution in [2.75, 3.05) is 10.6 Å². The van der Waals surface area contributed by atoms with E-state index in [9.17, 15) is 9.90 Å². The minimum absolute atomic E-state index is 0.0584. The third-order valence-corrected chi connectivity index (χ3v) is 5.16. The Balaban J connectivity index is 1.75. The van der Waals surface area contributed by atoms with Gasteiger partial charge in [-0.3, -0.25) is 9.78 Å². The van der Waals surface area contributed by atoms with Gasteiger partial charge in [-0.25, -0.2) is 9.97 Å². The number of pyridine rings is 2. The van der Waals surface area contributed by atoms with E-state index < -0.39 is 0 Å². The van der Waals surface area contributed by atoms with E-state index in [2.05, 4.69) is 25.6 Å². The minimum Gasteiger partial charge on any atom is -0.393 e. The SMILES string of the molecule is CCn1ccc2cc(Nc3cnccn3)nc(NC3CCC(O)CC3)c2c1=O. The van der Waals surface area contributed by atoms with E-state index in [1.165, 1.54) is 0 Å². The monoisotopic (exact) mass is 380 g/mol. The van der Waals surface area contributed by atoms with Gasteiger partial charge < -0.3 is 20.3 Å². The molecule has 1 saturated carbocycles. The number of aryl methyl sites for hydroxylation is 1. The van der Waals surface area contributed by atoms with Gasteiger partial charge in [-0.15, -0.1) is 0 Å². The van der Waals surface area contributed by atoms with Crippen LogP contribution in [0.5, 0.6) is 0 Å². The maximum atomic E-state index is 12.9. The van der Waals surface area contributed by atoms with Crippen molar-refractivity contribution in [2.45, 2.75) is 51.3 Å². The van der Waals surface area contributed by atoms with Crippen molar-refractivity contribution in [1.82, 2.24) is 19.5 Å². The molecule has 3 N–H and O–H groups in total. The van der Waals surface area contributed by atoms with E-state index >= 15 is 0 Å². The maximum absolute atomic E-state index is 12.9. The third-order valence-electron chi connectivity index (χ3n) is 5.16. The van der Waals surface area contributed by atoms with Crippen molar-refractivity contribution < 1.29 is 5.11 Å². The van der Waals surface area contributed by atoms with Crippen molar-refractivity contribution in [1.29, 1.82) is 0 Å². The van der Waals surface area contributed by atoms with Gasteiger partial charge in [-0.2, -0.15) is 0 Å². The van der Waals surface area contributed by atoms with Crippen molar-refractivity contribution in [3.05, 3.63) is 47.3 Å². The molecule has 3 heterocycles. The van der Waals surface area contributed by atoms with Crippen LogP contribution in [0.4, 0.5) is 17.5 Å². The van der Waals surface area contributed by atoms with Gasteiger partial charge in [0.1, 0.15) is 17.5 Å². The molecule has 146 valence electrons. The molecule has 3 aromatic rings. The van der Waals surface area contributed by atoms with Gasteiger partial charge in [0.25, 0.3) is 5.56 Å². The highest BCUT2D eigenvalue weighted by atomic mass is 16.3. The van der Waals surface area contributed by atoms with Gasteiger partial charge in [0.15, 0.2) is 0 Å². The number of anilines is 3. The summed E-state index contributed by atoms with van der Waals surface area (Å²) in [6.07, 6.45) is 9.62. The van der Waals surface area contributed by atoms with Crippen LogP contribution in [0.1, 0.15) is 32.6 Å². The van der Waals surface area contributed by atoms with E-state index in [1.807, 2.05) is 19.1 Å². The first kappa shape index (κ1) is 18.4. The Kier molecular flexibility index (Phi) is 5.21. The van der Waals surface area contributed by atoms with E-state index in [4.69, 9.17) is 0 Å². The molecule has 4 rings (SSSR count). The normalized spacial score (nSPS) is 19.5. The maximum Gasteiger partial charge on any atom is 0.262 e. The van der Waals surface area contributed by atoms with E-state index in [-0.39, 0.29) is 17.7 Å². The van der Waals surface area contributed by atoms with Gasteiger partial charge in [0.05, 0.1) is 17.7 Å². The van der Waals surface area contributed by atoms with Crippen molar-refractivity contribution in [3.63, 3.8) is 0 Å². The van der Waals surface area contributed by atoms with Crippen LogP contribution < -0.4 is 16.2 Å². The van der Waals surface area contributed by atoms with E-state index in [1.54, 1.807) is 29.4 Å². The molecule has 1 fully saturated rings. The number of aromatic nitrogens is 4. The highest BCUT2D eigenvalue weighted by Gasteiger charge is 2.21. The highest BCUT2D eigenvalue weighted by Crippen LogP contribution is 2.27. The van der Waals surface area contributed by atoms with E-state index in [0.29, 0.717) is 29.4 Å². The van der Waals surface area contributed by atoms with Crippen molar-refractivity contribution in [3.8, 4) is 0 Å². The smallest absolute Gasteiger partial charge is 0.262 e. The van der Waals surface area contributed by atoms with E-state index in [0.717, 1.165) is 31.1 Å². The Morgan fingerprint density at radius 3 is 2.75 bits per heavy atom. The minimum atomic E-state index is -0.232. The van der Waals surface area contributed by atoms with Crippen LogP contribution in [0.3, 0.4) is 0 Å². The number of fused-ring (bicyclic) bond motifs is 1. The number of aliphatic hydroxyl groups is 1. The number of nitrogens with one attached hydrogen (secondary N) is 2. The molecular weight excluding hydrogens is 356 g/mol. The van der Waals surface area contributed by atoms with Crippen molar-refractivity contribution in [2.24, 2.45) is 0 Å². The molecule has 8 nitrogen and oxygen atoms in total. The predicted molar refractivity (Wildman–Crippen MR) is 109 cm³/mol. The number of nitrogens with zero attached hydrogens (tertiary/aromatic N) is 4. The first-order chi connectivity index (χ1) is 13.6. The number of rotatable bonds is 5. The van der Waals surface area contributed by atoms with Gasteiger partial charge in [0.2, 0.25) is 0 Å². The van der Waals surface area contributed by atoms with Crippen LogP contribution in [0.25, 0.3) is 10.8 Å². The summed E-state index contributed by atoms with van der Waals surface area (Å²) in [5.41, 5.74) is -0.0584. The third kappa shape index (κ3) is 3.82. The lowest BCUT2D eigenvalue weighted by Gasteiger charge is -2.27. The van der Waals surface area contributed by atoms with Crippen LogP contribution in [-0.4, -0.2) is 36.8 Å². The number of hydrogen-bond donors (Lipinski definition) is 3. The zero-order chi connectivity index (χ0) is 19.5. The van der Waals surface area contributed by atoms with Crippen LogP contribution in [-0.2, 0) is 6.54 Å². The second kappa shape index (κ2) is 7.93. The molecular formula is C20H24N6O2. The second-order valence-electron chi connectivity index (χ2n) is 7.09. The summed E-state index contributed by atoms with van der Waals surface area (Å²) in [6.45, 7) is 2.55. The topological polar surface area (TPSA) is 105 Å². The first-order valence-corrected chi connectivity index (χ1v) is 9.66. The second-order valence-corrected chi connectivity index (χ2v) is 7.09. The quantitative estimate of drug-likeness (QED) is 0.625. The summed E-state index contributed by atoms with van der Waals surface area (Å²) < 4.78 is 1.68. The largest absolute Gasteiger partial charge is 0.393 e. The molecule has 0 saturated heterocycles. The van der Waals surface area contributed by atoms with Crippen LogP contribution in [0, 0.1) is 0 Å². The zero-order valence-electron chi connectivity index (χ0n) is 15.8. The Hall–Kier alpha value is -3.00. The Bertz CT molecular complexity index is 1010. The fourth-order valence-electron chi connectivity index (χ4n) is 3.63. The highest BCUT2D eigenvalue weighted by molar-refractivity contribution is 5.93. The molecule has 0 bridgehead atoms. The lowest BCUT2D eigenvalue weighted by molar-refractivity contribution is 0.126. The molecule has 0 unspecified atom stereocenters. The lowest BCUT2D eigenvalue weighted by Crippen LogP contribution is -2.29. The predicted octanol–water partition coefficient (Wildman–Crippen LogP) is 2.67.